The van der Waals surface area contributed by atoms with Crippen LogP contribution in [0.4, 0.5) is 4.79 Å². The molecule has 0 aliphatic carbocycles. The van der Waals surface area contributed by atoms with Crippen LogP contribution < -0.4 is 20.1 Å². The maximum Gasteiger partial charge on any atom is 0.330 e. The van der Waals surface area contributed by atoms with E-state index in [9.17, 15) is 14.4 Å². The Kier molecular flexibility index (Phi) is 8.71. The second-order valence-corrected chi connectivity index (χ2v) is 6.72. The molecule has 0 radical (unpaired) electrons. The molecule has 0 aliphatic heterocycles. The SMILES string of the molecule is COC(=O)/C=C/c1ccc(OCC(=O)NC(=O)NCCc2cccs2)c(OC)c1. The number of ether oxygens (including phenoxy) is 3. The molecule has 29 heavy (non-hydrogen) atoms. The highest BCUT2D eigenvalue weighted by Gasteiger charge is 2.11. The van der Waals surface area contributed by atoms with Gasteiger partial charge in [-0.3, -0.25) is 10.1 Å². The molecule has 9 heteroatoms. The molecule has 0 unspecified atom stereocenters. The van der Waals surface area contributed by atoms with Crippen molar-refractivity contribution in [3.63, 3.8) is 0 Å². The molecule has 3 amide bonds. The lowest BCUT2D eigenvalue weighted by molar-refractivity contribution is -0.134. The van der Waals surface area contributed by atoms with Gasteiger partial charge in [-0.2, -0.15) is 0 Å². The van der Waals surface area contributed by atoms with E-state index in [4.69, 9.17) is 9.47 Å². The fraction of sp³-hybridized carbons (Fsp3) is 0.250. The third-order valence-corrected chi connectivity index (χ3v) is 4.59. The number of benzene rings is 1. The molecular formula is C20H22N2O6S. The minimum Gasteiger partial charge on any atom is -0.493 e. The number of methoxy groups -OCH3 is 2. The lowest BCUT2D eigenvalue weighted by atomic mass is 10.2. The van der Waals surface area contributed by atoms with Gasteiger partial charge in [0, 0.05) is 17.5 Å². The Morgan fingerprint density at radius 1 is 1.14 bits per heavy atom. The van der Waals surface area contributed by atoms with Gasteiger partial charge < -0.3 is 19.5 Å². The average Bonchev–Trinajstić information content (AvgIpc) is 3.24. The van der Waals surface area contributed by atoms with E-state index in [0.717, 1.165) is 4.88 Å². The third kappa shape index (κ3) is 7.67. The lowest BCUT2D eigenvalue weighted by Gasteiger charge is -2.11. The molecule has 0 spiro atoms. The molecule has 0 saturated heterocycles. The first-order valence-corrected chi connectivity index (χ1v) is 9.56. The Labute approximate surface area is 172 Å². The van der Waals surface area contributed by atoms with Gasteiger partial charge in [0.05, 0.1) is 14.2 Å². The van der Waals surface area contributed by atoms with Crippen molar-refractivity contribution in [3.05, 3.63) is 52.2 Å². The largest absolute Gasteiger partial charge is 0.493 e. The maximum atomic E-state index is 11.9. The first kappa shape index (κ1) is 22.0. The van der Waals surface area contributed by atoms with E-state index in [-0.39, 0.29) is 6.61 Å². The molecular weight excluding hydrogens is 396 g/mol. The van der Waals surface area contributed by atoms with E-state index >= 15 is 0 Å². The van der Waals surface area contributed by atoms with Crippen molar-refractivity contribution in [2.24, 2.45) is 0 Å². The smallest absolute Gasteiger partial charge is 0.330 e. The minimum absolute atomic E-state index is 0.330. The van der Waals surface area contributed by atoms with Crippen molar-refractivity contribution in [2.75, 3.05) is 27.4 Å². The van der Waals surface area contributed by atoms with E-state index in [1.165, 1.54) is 20.3 Å². The summed E-state index contributed by atoms with van der Waals surface area (Å²) in [7, 11) is 2.75. The highest BCUT2D eigenvalue weighted by Crippen LogP contribution is 2.28. The predicted molar refractivity (Wildman–Crippen MR) is 109 cm³/mol. The van der Waals surface area contributed by atoms with Crippen LogP contribution in [0.5, 0.6) is 11.5 Å². The van der Waals surface area contributed by atoms with Gasteiger partial charge in [0.1, 0.15) is 0 Å². The Hall–Kier alpha value is -3.33. The molecule has 2 rings (SSSR count). The summed E-state index contributed by atoms with van der Waals surface area (Å²) >= 11 is 1.61. The van der Waals surface area contributed by atoms with Gasteiger partial charge in [-0.25, -0.2) is 9.59 Å². The van der Waals surface area contributed by atoms with Gasteiger partial charge in [0.2, 0.25) is 0 Å². The Morgan fingerprint density at radius 2 is 1.97 bits per heavy atom. The van der Waals surface area contributed by atoms with Crippen molar-refractivity contribution in [2.45, 2.75) is 6.42 Å². The number of hydrogen-bond donors (Lipinski definition) is 2. The molecule has 8 nitrogen and oxygen atoms in total. The molecule has 0 bridgehead atoms. The topological polar surface area (TPSA) is 103 Å². The minimum atomic E-state index is -0.588. The van der Waals surface area contributed by atoms with E-state index in [1.807, 2.05) is 17.5 Å². The van der Waals surface area contributed by atoms with Crippen molar-refractivity contribution in [3.8, 4) is 11.5 Å². The van der Waals surface area contributed by atoms with Crippen LogP contribution in [0.15, 0.2) is 41.8 Å². The molecule has 1 aromatic heterocycles. The summed E-state index contributed by atoms with van der Waals surface area (Å²) in [6.45, 7) is 0.0703. The molecule has 0 atom stereocenters. The fourth-order valence-corrected chi connectivity index (χ4v) is 2.95. The van der Waals surface area contributed by atoms with Crippen LogP contribution in [0.1, 0.15) is 10.4 Å². The first-order chi connectivity index (χ1) is 14.0. The number of urea groups is 1. The average molecular weight is 418 g/mol. The van der Waals surface area contributed by atoms with Crippen LogP contribution in [-0.2, 0) is 20.7 Å². The maximum absolute atomic E-state index is 11.9. The molecule has 0 fully saturated rings. The predicted octanol–water partition coefficient (Wildman–Crippen LogP) is 2.39. The van der Waals surface area contributed by atoms with Crippen LogP contribution in [0.2, 0.25) is 0 Å². The second-order valence-electron chi connectivity index (χ2n) is 5.69. The lowest BCUT2D eigenvalue weighted by Crippen LogP contribution is -2.42. The summed E-state index contributed by atoms with van der Waals surface area (Å²) in [4.78, 5) is 36.0. The number of amides is 3. The van der Waals surface area contributed by atoms with Gasteiger partial charge in [-0.05, 0) is 41.6 Å². The van der Waals surface area contributed by atoms with Crippen LogP contribution in [-0.4, -0.2) is 45.3 Å². The first-order valence-electron chi connectivity index (χ1n) is 8.68. The molecule has 0 aliphatic rings. The van der Waals surface area contributed by atoms with Gasteiger partial charge in [0.15, 0.2) is 18.1 Å². The summed E-state index contributed by atoms with van der Waals surface area (Å²) < 4.78 is 15.2. The normalized spacial score (nSPS) is 10.4. The van der Waals surface area contributed by atoms with Crippen molar-refractivity contribution < 1.29 is 28.6 Å². The molecule has 2 aromatic rings. The summed E-state index contributed by atoms with van der Waals surface area (Å²) in [5.41, 5.74) is 0.689. The van der Waals surface area contributed by atoms with Gasteiger partial charge in [0.25, 0.3) is 5.91 Å². The highest BCUT2D eigenvalue weighted by atomic mass is 32.1. The Balaban J connectivity index is 1.80. The molecule has 2 N–H and O–H groups in total. The van der Waals surface area contributed by atoms with Crippen LogP contribution in [0.3, 0.4) is 0 Å². The fourth-order valence-electron chi connectivity index (χ4n) is 2.24. The Morgan fingerprint density at radius 3 is 2.66 bits per heavy atom. The van der Waals surface area contributed by atoms with E-state index < -0.39 is 17.9 Å². The number of imide groups is 1. The second kappa shape index (κ2) is 11.5. The van der Waals surface area contributed by atoms with Gasteiger partial charge in [-0.15, -0.1) is 11.3 Å². The Bertz CT molecular complexity index is 864. The van der Waals surface area contributed by atoms with Crippen LogP contribution in [0, 0.1) is 0 Å². The number of carbonyl (C=O) groups excluding carboxylic acids is 3. The monoisotopic (exact) mass is 418 g/mol. The van der Waals surface area contributed by atoms with Crippen molar-refractivity contribution in [1.82, 2.24) is 10.6 Å². The van der Waals surface area contributed by atoms with Crippen molar-refractivity contribution >= 4 is 35.3 Å². The number of hydrogen-bond acceptors (Lipinski definition) is 7. The number of carbonyl (C=O) groups is 3. The highest BCUT2D eigenvalue weighted by molar-refractivity contribution is 7.09. The molecule has 1 heterocycles. The zero-order chi connectivity index (χ0) is 21.1. The van der Waals surface area contributed by atoms with E-state index in [2.05, 4.69) is 15.4 Å². The quantitative estimate of drug-likeness (QED) is 0.479. The zero-order valence-electron chi connectivity index (χ0n) is 16.1. The molecule has 0 saturated carbocycles. The van der Waals surface area contributed by atoms with E-state index in [1.54, 1.807) is 35.6 Å². The van der Waals surface area contributed by atoms with Gasteiger partial charge in [-0.1, -0.05) is 12.1 Å². The van der Waals surface area contributed by atoms with E-state index in [0.29, 0.717) is 30.0 Å². The molecule has 154 valence electrons. The summed E-state index contributed by atoms with van der Waals surface area (Å²) in [6.07, 6.45) is 3.54. The number of rotatable bonds is 9. The van der Waals surface area contributed by atoms with Crippen LogP contribution >= 0.6 is 11.3 Å². The summed E-state index contributed by atoms with van der Waals surface area (Å²) in [6, 6.07) is 8.27. The standard InChI is InChI=1S/C20H22N2O6S/c1-26-17-12-14(6-8-19(24)27-2)5-7-16(17)28-13-18(23)22-20(25)21-10-9-15-4-3-11-29-15/h3-8,11-12H,9-10,13H2,1-2H3,(H2,21,22,23,25)/b8-6+. The molecule has 1 aromatic carbocycles. The van der Waals surface area contributed by atoms with Crippen molar-refractivity contribution in [1.29, 1.82) is 0 Å². The summed E-state index contributed by atoms with van der Waals surface area (Å²) in [5, 5.41) is 6.79. The summed E-state index contributed by atoms with van der Waals surface area (Å²) in [5.74, 6) is -0.355. The number of thiophene rings is 1. The zero-order valence-corrected chi connectivity index (χ0v) is 16.9. The van der Waals surface area contributed by atoms with Gasteiger partial charge >= 0.3 is 12.0 Å². The number of nitrogens with one attached hydrogen (secondary N) is 2. The van der Waals surface area contributed by atoms with Crippen LogP contribution in [0.25, 0.3) is 6.08 Å². The third-order valence-electron chi connectivity index (χ3n) is 3.65. The number of esters is 1.